The lowest BCUT2D eigenvalue weighted by Gasteiger charge is -2.05. The Morgan fingerprint density at radius 3 is 2.73 bits per heavy atom. The quantitative estimate of drug-likeness (QED) is 0.553. The van der Waals surface area contributed by atoms with Crippen LogP contribution in [0.25, 0.3) is 0 Å². The Hall–Kier alpha value is -0.830. The zero-order valence-electron chi connectivity index (χ0n) is 9.29. The molecule has 15 heavy (non-hydrogen) atoms. The number of ether oxygens (including phenoxy) is 1. The highest BCUT2D eigenvalue weighted by atomic mass is 35.5. The van der Waals surface area contributed by atoms with E-state index in [1.54, 1.807) is 13.0 Å². The third-order valence-electron chi connectivity index (χ3n) is 2.03. The van der Waals surface area contributed by atoms with Gasteiger partial charge in [0.1, 0.15) is 11.0 Å². The minimum atomic E-state index is 0.436. The van der Waals surface area contributed by atoms with E-state index < -0.39 is 0 Å². The van der Waals surface area contributed by atoms with Gasteiger partial charge in [0.15, 0.2) is 0 Å². The molecule has 4 heteroatoms. The van der Waals surface area contributed by atoms with Crippen LogP contribution in [0.15, 0.2) is 6.07 Å². The van der Waals surface area contributed by atoms with Crippen molar-refractivity contribution in [2.45, 2.75) is 39.5 Å². The van der Waals surface area contributed by atoms with Gasteiger partial charge in [-0.15, -0.1) is 0 Å². The van der Waals surface area contributed by atoms with Gasteiger partial charge in [0.05, 0.1) is 6.61 Å². The molecule has 0 spiro atoms. The molecule has 0 saturated heterocycles. The number of aryl methyl sites for hydroxylation is 1. The Kier molecular flexibility index (Phi) is 5.40. The van der Waals surface area contributed by atoms with Crippen LogP contribution in [-0.4, -0.2) is 16.6 Å². The monoisotopic (exact) mass is 228 g/mol. The molecule has 0 atom stereocenters. The van der Waals surface area contributed by atoms with Crippen LogP contribution in [0.1, 0.15) is 38.4 Å². The SMILES string of the molecule is CCCCCCOc1cc(Cl)nc(C)n1. The topological polar surface area (TPSA) is 35.0 Å². The van der Waals surface area contributed by atoms with Gasteiger partial charge in [-0.1, -0.05) is 37.8 Å². The van der Waals surface area contributed by atoms with Crippen molar-refractivity contribution in [3.05, 3.63) is 17.0 Å². The first-order valence-corrected chi connectivity index (χ1v) is 5.74. The predicted octanol–water partition coefficient (Wildman–Crippen LogP) is 3.40. The average molecular weight is 229 g/mol. The van der Waals surface area contributed by atoms with Crippen molar-refractivity contribution in [1.82, 2.24) is 9.97 Å². The average Bonchev–Trinajstić information content (AvgIpc) is 2.16. The fourth-order valence-electron chi connectivity index (χ4n) is 1.29. The number of hydrogen-bond donors (Lipinski definition) is 0. The number of aromatic nitrogens is 2. The molecule has 1 rings (SSSR count). The van der Waals surface area contributed by atoms with E-state index in [9.17, 15) is 0 Å². The Labute approximate surface area is 95.8 Å². The molecule has 0 aliphatic carbocycles. The fourth-order valence-corrected chi connectivity index (χ4v) is 1.50. The second-order valence-corrected chi connectivity index (χ2v) is 3.87. The van der Waals surface area contributed by atoms with Gasteiger partial charge < -0.3 is 4.74 Å². The van der Waals surface area contributed by atoms with Gasteiger partial charge in [-0.2, -0.15) is 4.98 Å². The van der Waals surface area contributed by atoms with Crippen molar-refractivity contribution >= 4 is 11.6 Å². The molecule has 3 nitrogen and oxygen atoms in total. The summed E-state index contributed by atoms with van der Waals surface area (Å²) in [6, 6.07) is 1.65. The fraction of sp³-hybridized carbons (Fsp3) is 0.636. The smallest absolute Gasteiger partial charge is 0.218 e. The van der Waals surface area contributed by atoms with Gasteiger partial charge >= 0.3 is 0 Å². The molecule has 0 radical (unpaired) electrons. The number of hydrogen-bond acceptors (Lipinski definition) is 3. The standard InChI is InChI=1S/C11H17ClN2O/c1-3-4-5-6-7-15-11-8-10(12)13-9(2)14-11/h8H,3-7H2,1-2H3. The van der Waals surface area contributed by atoms with Gasteiger partial charge in [-0.05, 0) is 13.3 Å². The molecule has 0 aliphatic rings. The summed E-state index contributed by atoms with van der Waals surface area (Å²) in [5.41, 5.74) is 0. The molecule has 1 aromatic heterocycles. The van der Waals surface area contributed by atoms with Crippen LogP contribution >= 0.6 is 11.6 Å². The highest BCUT2D eigenvalue weighted by Crippen LogP contribution is 2.13. The van der Waals surface area contributed by atoms with Crippen LogP contribution in [0.5, 0.6) is 5.88 Å². The van der Waals surface area contributed by atoms with Gasteiger partial charge in [0, 0.05) is 6.07 Å². The third kappa shape index (κ3) is 4.98. The summed E-state index contributed by atoms with van der Waals surface area (Å²) in [7, 11) is 0. The molecule has 0 N–H and O–H groups in total. The molecule has 0 aromatic carbocycles. The Morgan fingerprint density at radius 2 is 2.07 bits per heavy atom. The first-order valence-electron chi connectivity index (χ1n) is 5.36. The minimum Gasteiger partial charge on any atom is -0.478 e. The zero-order valence-corrected chi connectivity index (χ0v) is 10.0. The Balaban J connectivity index is 2.31. The maximum absolute atomic E-state index is 5.78. The van der Waals surface area contributed by atoms with Gasteiger partial charge in [-0.25, -0.2) is 4.98 Å². The number of unbranched alkanes of at least 4 members (excludes halogenated alkanes) is 3. The number of halogens is 1. The van der Waals surface area contributed by atoms with Gasteiger partial charge in [-0.3, -0.25) is 0 Å². The van der Waals surface area contributed by atoms with E-state index in [2.05, 4.69) is 16.9 Å². The lowest BCUT2D eigenvalue weighted by molar-refractivity contribution is 0.292. The molecule has 0 fully saturated rings. The molecule has 0 bridgehead atoms. The van der Waals surface area contributed by atoms with Crippen LogP contribution in [-0.2, 0) is 0 Å². The number of nitrogens with zero attached hydrogens (tertiary/aromatic N) is 2. The second-order valence-electron chi connectivity index (χ2n) is 3.49. The summed E-state index contributed by atoms with van der Waals surface area (Å²) >= 11 is 5.78. The van der Waals surface area contributed by atoms with Crippen molar-refractivity contribution in [3.8, 4) is 5.88 Å². The van der Waals surface area contributed by atoms with Crippen molar-refractivity contribution in [1.29, 1.82) is 0 Å². The van der Waals surface area contributed by atoms with E-state index in [1.807, 2.05) is 0 Å². The second kappa shape index (κ2) is 6.62. The maximum atomic E-state index is 5.78. The van der Waals surface area contributed by atoms with Gasteiger partial charge in [0.25, 0.3) is 0 Å². The normalized spacial score (nSPS) is 10.3. The summed E-state index contributed by atoms with van der Waals surface area (Å²) in [6.45, 7) is 4.69. The van der Waals surface area contributed by atoms with Crippen LogP contribution in [0, 0.1) is 6.92 Å². The van der Waals surface area contributed by atoms with E-state index in [1.165, 1.54) is 19.3 Å². The van der Waals surface area contributed by atoms with Crippen molar-refractivity contribution in [3.63, 3.8) is 0 Å². The molecule has 1 aromatic rings. The molecule has 0 unspecified atom stereocenters. The lowest BCUT2D eigenvalue weighted by Crippen LogP contribution is -2.00. The van der Waals surface area contributed by atoms with E-state index in [0.29, 0.717) is 23.5 Å². The molecular weight excluding hydrogens is 212 g/mol. The van der Waals surface area contributed by atoms with Crippen LogP contribution in [0.4, 0.5) is 0 Å². The summed E-state index contributed by atoms with van der Waals surface area (Å²) in [6.07, 6.45) is 4.76. The molecule has 1 heterocycles. The van der Waals surface area contributed by atoms with Crippen molar-refractivity contribution < 1.29 is 4.74 Å². The summed E-state index contributed by atoms with van der Waals surface area (Å²) < 4.78 is 5.48. The molecule has 0 amide bonds. The Morgan fingerprint density at radius 1 is 1.27 bits per heavy atom. The maximum Gasteiger partial charge on any atom is 0.218 e. The summed E-state index contributed by atoms with van der Waals surface area (Å²) in [5, 5.41) is 0.436. The van der Waals surface area contributed by atoms with Crippen molar-refractivity contribution in [2.75, 3.05) is 6.61 Å². The summed E-state index contributed by atoms with van der Waals surface area (Å²) in [4.78, 5) is 8.10. The molecule has 84 valence electrons. The summed E-state index contributed by atoms with van der Waals surface area (Å²) in [5.74, 6) is 1.22. The zero-order chi connectivity index (χ0) is 11.1. The Bertz CT molecular complexity index is 284. The first kappa shape index (κ1) is 12.2. The minimum absolute atomic E-state index is 0.436. The van der Waals surface area contributed by atoms with E-state index in [-0.39, 0.29) is 0 Å². The van der Waals surface area contributed by atoms with Crippen LogP contribution in [0.3, 0.4) is 0 Å². The third-order valence-corrected chi connectivity index (χ3v) is 2.22. The van der Waals surface area contributed by atoms with Crippen LogP contribution < -0.4 is 4.74 Å². The molecule has 0 saturated carbocycles. The van der Waals surface area contributed by atoms with Crippen molar-refractivity contribution in [2.24, 2.45) is 0 Å². The molecular formula is C11H17ClN2O. The predicted molar refractivity (Wildman–Crippen MR) is 61.4 cm³/mol. The lowest BCUT2D eigenvalue weighted by atomic mass is 10.2. The highest BCUT2D eigenvalue weighted by molar-refractivity contribution is 6.29. The first-order chi connectivity index (χ1) is 7.22. The van der Waals surface area contributed by atoms with E-state index >= 15 is 0 Å². The van der Waals surface area contributed by atoms with Gasteiger partial charge in [0.2, 0.25) is 5.88 Å². The largest absolute Gasteiger partial charge is 0.478 e. The van der Waals surface area contributed by atoms with Crippen LogP contribution in [0.2, 0.25) is 5.15 Å². The number of rotatable bonds is 6. The van der Waals surface area contributed by atoms with E-state index in [0.717, 1.165) is 6.42 Å². The van der Waals surface area contributed by atoms with E-state index in [4.69, 9.17) is 16.3 Å². The molecule has 0 aliphatic heterocycles. The highest BCUT2D eigenvalue weighted by Gasteiger charge is 2.00.